The van der Waals surface area contributed by atoms with Gasteiger partial charge in [-0.15, -0.1) is 0 Å². The monoisotopic (exact) mass is 514 g/mol. The van der Waals surface area contributed by atoms with E-state index in [0.717, 1.165) is 3.39 Å². The Hall–Kier alpha value is -1.73. The highest BCUT2D eigenvalue weighted by atomic mass is 79.9. The normalized spacial score (nSPS) is 19.6. The van der Waals surface area contributed by atoms with Gasteiger partial charge in [0.25, 0.3) is 0 Å². The molecule has 0 spiro atoms. The van der Waals surface area contributed by atoms with E-state index in [9.17, 15) is 13.6 Å². The molecule has 0 unspecified atom stereocenters. The standard InChI is InChI=1S/C21H18Br2F2O3/c1-21(2)15(10-18(22)23)19(21)20(26)27-11-12-3-8-16(25)17(9-12)28-14-6-4-13(24)5-7-14/h3-10,15,19H,11H2,1-2H3/t15-,19-/m0/s1. The van der Waals surface area contributed by atoms with Crippen LogP contribution in [0.25, 0.3) is 0 Å². The number of allylic oxidation sites excluding steroid dienone is 1. The molecule has 0 N–H and O–H groups in total. The summed E-state index contributed by atoms with van der Waals surface area (Å²) in [7, 11) is 0. The van der Waals surface area contributed by atoms with Crippen molar-refractivity contribution >= 4 is 37.8 Å². The lowest BCUT2D eigenvalue weighted by atomic mass is 10.1. The van der Waals surface area contributed by atoms with Gasteiger partial charge in [0.15, 0.2) is 11.6 Å². The van der Waals surface area contributed by atoms with Crippen molar-refractivity contribution in [2.24, 2.45) is 17.3 Å². The summed E-state index contributed by atoms with van der Waals surface area (Å²) in [5.41, 5.74) is 0.419. The van der Waals surface area contributed by atoms with Gasteiger partial charge in [-0.2, -0.15) is 0 Å². The molecule has 0 amide bonds. The second-order valence-electron chi connectivity index (χ2n) is 7.21. The summed E-state index contributed by atoms with van der Waals surface area (Å²) >= 11 is 6.64. The van der Waals surface area contributed by atoms with Crippen molar-refractivity contribution in [3.63, 3.8) is 0 Å². The molecule has 0 saturated heterocycles. The Morgan fingerprint density at radius 3 is 2.46 bits per heavy atom. The smallest absolute Gasteiger partial charge is 0.310 e. The van der Waals surface area contributed by atoms with Gasteiger partial charge in [-0.1, -0.05) is 26.0 Å². The molecule has 28 heavy (non-hydrogen) atoms. The first-order chi connectivity index (χ1) is 13.2. The molecule has 148 valence electrons. The molecule has 2 atom stereocenters. The molecule has 1 saturated carbocycles. The van der Waals surface area contributed by atoms with Crippen LogP contribution in [-0.4, -0.2) is 5.97 Å². The fraction of sp³-hybridized carbons (Fsp3) is 0.286. The number of hydrogen-bond donors (Lipinski definition) is 0. The van der Waals surface area contributed by atoms with Crippen molar-refractivity contribution in [3.8, 4) is 11.5 Å². The molecule has 0 radical (unpaired) electrons. The van der Waals surface area contributed by atoms with Crippen molar-refractivity contribution in [2.75, 3.05) is 0 Å². The molecule has 0 bridgehead atoms. The SMILES string of the molecule is CC1(C)[C@H](C(=O)OCc2ccc(F)c(Oc3ccc(F)cc3)c2)[C@@H]1C=C(Br)Br. The van der Waals surface area contributed by atoms with Crippen LogP contribution >= 0.6 is 31.9 Å². The van der Waals surface area contributed by atoms with Gasteiger partial charge < -0.3 is 9.47 Å². The van der Waals surface area contributed by atoms with Crippen LogP contribution < -0.4 is 4.74 Å². The lowest BCUT2D eigenvalue weighted by molar-refractivity contribution is -0.147. The minimum Gasteiger partial charge on any atom is -0.461 e. The van der Waals surface area contributed by atoms with Crippen LogP contribution in [0.2, 0.25) is 0 Å². The zero-order valence-electron chi connectivity index (χ0n) is 15.2. The van der Waals surface area contributed by atoms with Crippen molar-refractivity contribution in [1.82, 2.24) is 0 Å². The molecule has 2 aromatic rings. The average molecular weight is 516 g/mol. The van der Waals surface area contributed by atoms with E-state index >= 15 is 0 Å². The Bertz CT molecular complexity index is 906. The number of halogens is 4. The fourth-order valence-electron chi connectivity index (χ4n) is 3.16. The van der Waals surface area contributed by atoms with Gasteiger partial charge in [0.2, 0.25) is 0 Å². The first-order valence-corrected chi connectivity index (χ1v) is 10.2. The summed E-state index contributed by atoms with van der Waals surface area (Å²) < 4.78 is 38.7. The van der Waals surface area contributed by atoms with Crippen LogP contribution in [0.5, 0.6) is 11.5 Å². The van der Waals surface area contributed by atoms with Crippen LogP contribution in [0.15, 0.2) is 51.9 Å². The second kappa shape index (κ2) is 8.33. The largest absolute Gasteiger partial charge is 0.461 e. The highest BCUT2D eigenvalue weighted by Crippen LogP contribution is 2.60. The van der Waals surface area contributed by atoms with E-state index < -0.39 is 11.6 Å². The van der Waals surface area contributed by atoms with E-state index in [1.54, 1.807) is 0 Å². The van der Waals surface area contributed by atoms with E-state index in [1.807, 2.05) is 19.9 Å². The summed E-state index contributed by atoms with van der Waals surface area (Å²) in [6, 6.07) is 9.52. The third-order valence-corrected chi connectivity index (χ3v) is 5.42. The van der Waals surface area contributed by atoms with E-state index in [-0.39, 0.29) is 35.6 Å². The minimum atomic E-state index is -0.560. The summed E-state index contributed by atoms with van der Waals surface area (Å²) in [6.45, 7) is 4.03. The lowest BCUT2D eigenvalue weighted by Gasteiger charge is -2.10. The number of carbonyl (C=O) groups excluding carboxylic acids is 1. The summed E-state index contributed by atoms with van der Waals surface area (Å²) in [5, 5.41) is 0. The Balaban J connectivity index is 1.64. The molecule has 0 aliphatic heterocycles. The Morgan fingerprint density at radius 1 is 1.14 bits per heavy atom. The second-order valence-corrected chi connectivity index (χ2v) is 9.98. The zero-order valence-corrected chi connectivity index (χ0v) is 18.4. The molecule has 3 rings (SSSR count). The first-order valence-electron chi connectivity index (χ1n) is 8.60. The lowest BCUT2D eigenvalue weighted by Crippen LogP contribution is -2.10. The quantitative estimate of drug-likeness (QED) is 0.401. The van der Waals surface area contributed by atoms with Gasteiger partial charge in [0, 0.05) is 0 Å². The van der Waals surface area contributed by atoms with Crippen molar-refractivity contribution in [2.45, 2.75) is 20.5 Å². The van der Waals surface area contributed by atoms with Crippen molar-refractivity contribution in [1.29, 1.82) is 0 Å². The summed E-state index contributed by atoms with van der Waals surface area (Å²) in [6.07, 6.45) is 1.94. The van der Waals surface area contributed by atoms with Crippen LogP contribution in [-0.2, 0) is 16.1 Å². The molecular formula is C21H18Br2F2O3. The van der Waals surface area contributed by atoms with E-state index in [2.05, 4.69) is 31.9 Å². The van der Waals surface area contributed by atoms with Gasteiger partial charge in [0.1, 0.15) is 18.2 Å². The van der Waals surface area contributed by atoms with Gasteiger partial charge >= 0.3 is 5.97 Å². The maximum atomic E-state index is 14.0. The Morgan fingerprint density at radius 2 is 1.82 bits per heavy atom. The number of benzene rings is 2. The van der Waals surface area contributed by atoms with Crippen LogP contribution in [0.3, 0.4) is 0 Å². The van der Waals surface area contributed by atoms with Crippen molar-refractivity contribution in [3.05, 3.63) is 69.1 Å². The third-order valence-electron chi connectivity index (χ3n) is 4.89. The van der Waals surface area contributed by atoms with Gasteiger partial charge in [0.05, 0.1) is 9.31 Å². The van der Waals surface area contributed by atoms with Gasteiger partial charge in [-0.25, -0.2) is 8.78 Å². The highest BCUT2D eigenvalue weighted by Gasteiger charge is 2.61. The number of ether oxygens (including phenoxy) is 2. The minimum absolute atomic E-state index is 0.0113. The number of rotatable bonds is 6. The van der Waals surface area contributed by atoms with Gasteiger partial charge in [-0.05, 0) is 85.2 Å². The average Bonchev–Trinajstić information content (AvgIpc) is 3.16. The van der Waals surface area contributed by atoms with Crippen molar-refractivity contribution < 1.29 is 23.0 Å². The molecule has 3 nitrogen and oxygen atoms in total. The van der Waals surface area contributed by atoms with E-state index in [1.165, 1.54) is 42.5 Å². The number of esters is 1. The van der Waals surface area contributed by atoms with Crippen LogP contribution in [0.4, 0.5) is 8.78 Å². The zero-order chi connectivity index (χ0) is 20.5. The van der Waals surface area contributed by atoms with Crippen LogP contribution in [0, 0.1) is 28.9 Å². The number of hydrogen-bond acceptors (Lipinski definition) is 3. The summed E-state index contributed by atoms with van der Waals surface area (Å²) in [5.74, 6) is -1.11. The molecule has 0 aromatic heterocycles. The maximum Gasteiger partial charge on any atom is 0.310 e. The highest BCUT2D eigenvalue weighted by molar-refractivity contribution is 9.28. The molecule has 7 heteroatoms. The maximum absolute atomic E-state index is 14.0. The predicted octanol–water partition coefficient (Wildman–Crippen LogP) is 6.70. The first kappa shape index (κ1) is 21.0. The fourth-order valence-corrected chi connectivity index (χ4v) is 3.73. The summed E-state index contributed by atoms with van der Waals surface area (Å²) in [4.78, 5) is 12.4. The van der Waals surface area contributed by atoms with E-state index in [4.69, 9.17) is 9.47 Å². The third kappa shape index (κ3) is 4.81. The molecule has 1 aliphatic rings. The molecule has 1 aliphatic carbocycles. The molecule has 2 aromatic carbocycles. The van der Waals surface area contributed by atoms with E-state index in [0.29, 0.717) is 11.3 Å². The Labute approximate surface area is 179 Å². The molecular weight excluding hydrogens is 498 g/mol. The topological polar surface area (TPSA) is 35.5 Å². The number of carbonyl (C=O) groups is 1. The van der Waals surface area contributed by atoms with Gasteiger partial charge in [-0.3, -0.25) is 4.79 Å². The Kier molecular flexibility index (Phi) is 6.25. The predicted molar refractivity (Wildman–Crippen MR) is 109 cm³/mol. The molecule has 1 fully saturated rings. The molecule has 0 heterocycles. The van der Waals surface area contributed by atoms with Crippen LogP contribution in [0.1, 0.15) is 19.4 Å².